The molecule has 1 heterocycles. The standard InChI is InChI=1S/C19H18ClN3O2S/c1-12-4-3-5-15(20)17(12)23(18(24)16-10-22-19(21)26-16)11-13-6-8-14(25-2)9-7-13/h3-10H,11H2,1-2H3,(H2,21,22). The largest absolute Gasteiger partial charge is 0.497 e. The second-order valence-electron chi connectivity index (χ2n) is 5.71. The molecule has 0 aliphatic rings. The third kappa shape index (κ3) is 3.81. The Morgan fingerprint density at radius 2 is 2.00 bits per heavy atom. The van der Waals surface area contributed by atoms with Gasteiger partial charge in [0.1, 0.15) is 10.6 Å². The lowest BCUT2D eigenvalue weighted by molar-refractivity contribution is 0.0988. The second kappa shape index (κ2) is 7.76. The first-order valence-corrected chi connectivity index (χ1v) is 9.10. The summed E-state index contributed by atoms with van der Waals surface area (Å²) in [6.45, 7) is 2.29. The molecule has 1 aromatic heterocycles. The van der Waals surface area contributed by atoms with Crippen molar-refractivity contribution >= 4 is 39.7 Å². The van der Waals surface area contributed by atoms with Gasteiger partial charge < -0.3 is 15.4 Å². The van der Waals surface area contributed by atoms with Gasteiger partial charge in [0, 0.05) is 0 Å². The van der Waals surface area contributed by atoms with E-state index in [0.29, 0.717) is 27.3 Å². The van der Waals surface area contributed by atoms with Gasteiger partial charge in [0.05, 0.1) is 30.6 Å². The van der Waals surface area contributed by atoms with Crippen LogP contribution >= 0.6 is 22.9 Å². The summed E-state index contributed by atoms with van der Waals surface area (Å²) in [6, 6.07) is 13.1. The molecule has 134 valence electrons. The van der Waals surface area contributed by atoms with Crippen LogP contribution in [-0.2, 0) is 6.54 Å². The molecule has 0 spiro atoms. The van der Waals surface area contributed by atoms with Crippen LogP contribution in [0.5, 0.6) is 5.75 Å². The van der Waals surface area contributed by atoms with Gasteiger partial charge in [-0.1, -0.05) is 47.2 Å². The fraction of sp³-hybridized carbons (Fsp3) is 0.158. The number of rotatable bonds is 5. The number of aromatic nitrogens is 1. The number of ether oxygens (including phenoxy) is 1. The Morgan fingerprint density at radius 1 is 1.27 bits per heavy atom. The highest BCUT2D eigenvalue weighted by molar-refractivity contribution is 7.17. The molecule has 0 unspecified atom stereocenters. The molecule has 2 aromatic carbocycles. The van der Waals surface area contributed by atoms with E-state index in [-0.39, 0.29) is 5.91 Å². The van der Waals surface area contributed by atoms with Gasteiger partial charge in [0.2, 0.25) is 0 Å². The highest BCUT2D eigenvalue weighted by Gasteiger charge is 2.23. The zero-order valence-electron chi connectivity index (χ0n) is 14.4. The quantitative estimate of drug-likeness (QED) is 0.697. The van der Waals surface area contributed by atoms with Crippen molar-refractivity contribution in [2.24, 2.45) is 0 Å². The molecule has 0 atom stereocenters. The summed E-state index contributed by atoms with van der Waals surface area (Å²) < 4.78 is 5.19. The van der Waals surface area contributed by atoms with Gasteiger partial charge in [-0.25, -0.2) is 4.98 Å². The number of thiazole rings is 1. The van der Waals surface area contributed by atoms with E-state index >= 15 is 0 Å². The number of benzene rings is 2. The van der Waals surface area contributed by atoms with E-state index in [9.17, 15) is 4.79 Å². The maximum absolute atomic E-state index is 13.1. The number of hydrogen-bond acceptors (Lipinski definition) is 5. The average molecular weight is 388 g/mol. The van der Waals surface area contributed by atoms with Crippen molar-refractivity contribution in [3.63, 3.8) is 0 Å². The summed E-state index contributed by atoms with van der Waals surface area (Å²) in [7, 11) is 1.62. The first-order chi connectivity index (χ1) is 12.5. The molecule has 5 nitrogen and oxygen atoms in total. The molecule has 3 aromatic rings. The van der Waals surface area contributed by atoms with Crippen LogP contribution in [0.4, 0.5) is 10.8 Å². The van der Waals surface area contributed by atoms with Crippen LogP contribution in [0.25, 0.3) is 0 Å². The van der Waals surface area contributed by atoms with Crippen LogP contribution in [0.2, 0.25) is 5.02 Å². The molecule has 0 saturated carbocycles. The smallest absolute Gasteiger partial charge is 0.270 e. The van der Waals surface area contributed by atoms with Crippen molar-refractivity contribution in [2.75, 3.05) is 17.7 Å². The van der Waals surface area contributed by atoms with Gasteiger partial charge in [0.25, 0.3) is 5.91 Å². The van der Waals surface area contributed by atoms with Crippen molar-refractivity contribution in [3.05, 3.63) is 69.7 Å². The Labute approximate surface area is 161 Å². The van der Waals surface area contributed by atoms with Crippen LogP contribution in [0, 0.1) is 6.92 Å². The predicted molar refractivity (Wildman–Crippen MR) is 106 cm³/mol. The zero-order valence-corrected chi connectivity index (χ0v) is 16.0. The number of nitrogens with two attached hydrogens (primary N) is 1. The Morgan fingerprint density at radius 3 is 2.58 bits per heavy atom. The van der Waals surface area contributed by atoms with Crippen molar-refractivity contribution in [2.45, 2.75) is 13.5 Å². The summed E-state index contributed by atoms with van der Waals surface area (Å²) >= 11 is 7.58. The van der Waals surface area contributed by atoms with Crippen LogP contribution in [-0.4, -0.2) is 18.0 Å². The minimum Gasteiger partial charge on any atom is -0.497 e. The van der Waals surface area contributed by atoms with E-state index in [1.807, 2.05) is 43.3 Å². The predicted octanol–water partition coefficient (Wildman–Crippen LogP) is 4.54. The average Bonchev–Trinajstić information content (AvgIpc) is 3.07. The molecule has 0 fully saturated rings. The highest BCUT2D eigenvalue weighted by atomic mass is 35.5. The monoisotopic (exact) mass is 387 g/mol. The number of nitrogen functional groups attached to an aromatic ring is 1. The minimum atomic E-state index is -0.189. The number of halogens is 1. The van der Waals surface area contributed by atoms with Gasteiger partial charge in [-0.15, -0.1) is 0 Å². The molecule has 3 rings (SSSR count). The number of amides is 1. The molecular weight excluding hydrogens is 370 g/mol. The molecule has 0 aliphatic heterocycles. The van der Waals surface area contributed by atoms with Gasteiger partial charge in [-0.2, -0.15) is 0 Å². The van der Waals surface area contributed by atoms with Crippen molar-refractivity contribution in [1.82, 2.24) is 4.98 Å². The Hall–Kier alpha value is -2.57. The Kier molecular flexibility index (Phi) is 5.44. The normalized spacial score (nSPS) is 10.6. The van der Waals surface area contributed by atoms with Crippen LogP contribution < -0.4 is 15.4 Å². The number of carbonyl (C=O) groups is 1. The van der Waals surface area contributed by atoms with Gasteiger partial charge >= 0.3 is 0 Å². The lowest BCUT2D eigenvalue weighted by atomic mass is 10.1. The molecule has 0 saturated heterocycles. The second-order valence-corrected chi connectivity index (χ2v) is 7.18. The number of methoxy groups -OCH3 is 1. The van der Waals surface area contributed by atoms with Crippen LogP contribution in [0.3, 0.4) is 0 Å². The van der Waals surface area contributed by atoms with E-state index in [1.54, 1.807) is 18.1 Å². The molecule has 7 heteroatoms. The summed E-state index contributed by atoms with van der Waals surface area (Å²) in [5, 5.41) is 0.873. The van der Waals surface area contributed by atoms with Gasteiger partial charge in [0.15, 0.2) is 5.13 Å². The van der Waals surface area contributed by atoms with E-state index in [0.717, 1.165) is 28.2 Å². The van der Waals surface area contributed by atoms with E-state index in [1.165, 1.54) is 6.20 Å². The topological polar surface area (TPSA) is 68.5 Å². The summed E-state index contributed by atoms with van der Waals surface area (Å²) in [4.78, 5) is 19.3. The lowest BCUT2D eigenvalue weighted by Crippen LogP contribution is -2.30. The van der Waals surface area contributed by atoms with E-state index in [2.05, 4.69) is 4.98 Å². The summed E-state index contributed by atoms with van der Waals surface area (Å²) in [5.41, 5.74) is 8.25. The van der Waals surface area contributed by atoms with Crippen LogP contribution in [0.1, 0.15) is 20.8 Å². The third-order valence-corrected chi connectivity index (χ3v) is 5.06. The number of aryl methyl sites for hydroxylation is 1. The van der Waals surface area contributed by atoms with Crippen molar-refractivity contribution in [3.8, 4) is 5.75 Å². The van der Waals surface area contributed by atoms with Crippen LogP contribution in [0.15, 0.2) is 48.7 Å². The van der Waals surface area contributed by atoms with Crippen molar-refractivity contribution < 1.29 is 9.53 Å². The first-order valence-electron chi connectivity index (χ1n) is 7.91. The number of hydrogen-bond donors (Lipinski definition) is 1. The molecule has 0 radical (unpaired) electrons. The SMILES string of the molecule is COc1ccc(CN(C(=O)c2cnc(N)s2)c2c(C)cccc2Cl)cc1. The summed E-state index contributed by atoms with van der Waals surface area (Å²) in [5.74, 6) is 0.571. The number of nitrogens with zero attached hydrogens (tertiary/aromatic N) is 2. The Bertz CT molecular complexity index is 905. The van der Waals surface area contributed by atoms with Crippen molar-refractivity contribution in [1.29, 1.82) is 0 Å². The highest BCUT2D eigenvalue weighted by Crippen LogP contribution is 2.33. The number of carbonyl (C=O) groups excluding carboxylic acids is 1. The maximum Gasteiger partial charge on any atom is 0.270 e. The van der Waals surface area contributed by atoms with Gasteiger partial charge in [-0.05, 0) is 36.2 Å². The molecule has 0 bridgehead atoms. The maximum atomic E-state index is 13.1. The fourth-order valence-corrected chi connectivity index (χ4v) is 3.61. The molecule has 2 N–H and O–H groups in total. The van der Waals surface area contributed by atoms with E-state index < -0.39 is 0 Å². The molecule has 0 aliphatic carbocycles. The number of para-hydroxylation sites is 1. The molecule has 1 amide bonds. The molecule has 26 heavy (non-hydrogen) atoms. The van der Waals surface area contributed by atoms with E-state index in [4.69, 9.17) is 22.1 Å². The van der Waals surface area contributed by atoms with Gasteiger partial charge in [-0.3, -0.25) is 4.79 Å². The zero-order chi connectivity index (χ0) is 18.7. The Balaban J connectivity index is 2.02. The number of anilines is 2. The minimum absolute atomic E-state index is 0.189. The lowest BCUT2D eigenvalue weighted by Gasteiger charge is -2.25. The summed E-state index contributed by atoms with van der Waals surface area (Å²) in [6.07, 6.45) is 1.50. The third-order valence-electron chi connectivity index (χ3n) is 3.94. The fourth-order valence-electron chi connectivity index (χ4n) is 2.65. The first kappa shape index (κ1) is 18.2. The molecular formula is C19H18ClN3O2S.